The molecule has 7 heteroatoms. The van der Waals surface area contributed by atoms with Crippen molar-refractivity contribution in [1.82, 2.24) is 0 Å². The van der Waals surface area contributed by atoms with Gasteiger partial charge in [0.05, 0.1) is 11.3 Å². The molecule has 1 aromatic carbocycles. The van der Waals surface area contributed by atoms with Gasteiger partial charge in [0, 0.05) is 10.5 Å². The first-order valence-electron chi connectivity index (χ1n) is 6.20. The molecule has 0 saturated heterocycles. The summed E-state index contributed by atoms with van der Waals surface area (Å²) < 4.78 is 15.8. The Morgan fingerprint density at radius 2 is 2.05 bits per heavy atom. The molecule has 1 aromatic heterocycles. The molecule has 2 rings (SSSR count). The number of nitrogens with one attached hydrogen (secondary N) is 1. The Morgan fingerprint density at radius 3 is 2.68 bits per heavy atom. The molecule has 1 N–H and O–H groups in total. The number of pyridine rings is 1. The van der Waals surface area contributed by atoms with Gasteiger partial charge in [0.25, 0.3) is 5.91 Å². The second-order valence-electron chi connectivity index (χ2n) is 4.49. The second-order valence-corrected chi connectivity index (χ2v) is 5.41. The molecule has 0 radical (unpaired) electrons. The van der Waals surface area contributed by atoms with Crippen molar-refractivity contribution in [3.63, 3.8) is 0 Å². The van der Waals surface area contributed by atoms with Crippen LogP contribution in [0, 0.1) is 5.82 Å². The van der Waals surface area contributed by atoms with Gasteiger partial charge in [0.15, 0.2) is 18.2 Å². The predicted molar refractivity (Wildman–Crippen MR) is 79.4 cm³/mol. The van der Waals surface area contributed by atoms with Crippen molar-refractivity contribution in [2.75, 3.05) is 5.32 Å². The molecule has 0 aliphatic carbocycles. The summed E-state index contributed by atoms with van der Waals surface area (Å²) in [5.41, 5.74) is 0.631. The van der Waals surface area contributed by atoms with E-state index in [1.54, 1.807) is 35.2 Å². The molecule has 0 unspecified atom stereocenters. The van der Waals surface area contributed by atoms with E-state index in [2.05, 4.69) is 21.2 Å². The normalized spacial score (nSPS) is 9.77. The number of carbonyl (C=O) groups is 2. The van der Waals surface area contributed by atoms with Gasteiger partial charge >= 0.3 is 0 Å². The van der Waals surface area contributed by atoms with Crippen LogP contribution in [0.5, 0.6) is 0 Å². The second kappa shape index (κ2) is 8.00. The monoisotopic (exact) mass is 386 g/mol. The van der Waals surface area contributed by atoms with Crippen molar-refractivity contribution < 1.29 is 31.0 Å². The van der Waals surface area contributed by atoms with Crippen LogP contribution in [0.3, 0.4) is 0 Å². The topological polar surface area (TPSA) is 50.0 Å². The highest BCUT2D eigenvalue weighted by Crippen LogP contribution is 2.19. The molecule has 2 aromatic rings. The Bertz CT molecular complexity index is 710. The first-order valence-corrected chi connectivity index (χ1v) is 7.00. The third-order valence-corrected chi connectivity index (χ3v) is 3.29. The quantitative estimate of drug-likeness (QED) is 0.580. The summed E-state index contributed by atoms with van der Waals surface area (Å²) in [7, 11) is 0. The minimum Gasteiger partial charge on any atom is -1.00 e. The van der Waals surface area contributed by atoms with E-state index in [4.69, 9.17) is 0 Å². The van der Waals surface area contributed by atoms with Crippen molar-refractivity contribution in [1.29, 1.82) is 0 Å². The minimum absolute atomic E-state index is 0. The number of ketones is 1. The Labute approximate surface area is 141 Å². The number of rotatable bonds is 4. The molecule has 22 heavy (non-hydrogen) atoms. The lowest BCUT2D eigenvalue weighted by molar-refractivity contribution is -0.684. The molecule has 1 heterocycles. The van der Waals surface area contributed by atoms with Crippen molar-refractivity contribution in [2.24, 2.45) is 0 Å². The molecule has 0 fully saturated rings. The number of hydrogen-bond acceptors (Lipinski definition) is 2. The molecule has 0 bridgehead atoms. The lowest BCUT2D eigenvalue weighted by Crippen LogP contribution is -3.00. The van der Waals surface area contributed by atoms with Crippen LogP contribution in [-0.2, 0) is 11.3 Å². The summed E-state index contributed by atoms with van der Waals surface area (Å²) in [6.07, 6.45) is 3.25. The number of benzene rings is 1. The molecule has 1 amide bonds. The third kappa shape index (κ3) is 4.89. The molecule has 0 spiro atoms. The molecule has 0 saturated carbocycles. The number of Topliss-reactive ketones (excluding diaryl/α,β-unsaturated/α-hetero) is 1. The summed E-state index contributed by atoms with van der Waals surface area (Å²) in [5, 5.41) is 2.49. The van der Waals surface area contributed by atoms with Crippen LogP contribution in [0.2, 0.25) is 0 Å². The summed E-state index contributed by atoms with van der Waals surface area (Å²) in [4.78, 5) is 23.2. The van der Waals surface area contributed by atoms with E-state index in [0.29, 0.717) is 10.0 Å². The van der Waals surface area contributed by atoms with E-state index in [0.717, 1.165) is 0 Å². The maximum Gasteiger partial charge on any atom is 0.290 e. The van der Waals surface area contributed by atoms with Gasteiger partial charge < -0.3 is 17.7 Å². The fourth-order valence-electron chi connectivity index (χ4n) is 1.77. The maximum absolute atomic E-state index is 13.6. The van der Waals surface area contributed by atoms with Gasteiger partial charge in [-0.2, -0.15) is 4.57 Å². The molecular formula is C15H13BrClFN2O2. The van der Waals surface area contributed by atoms with E-state index in [9.17, 15) is 14.0 Å². The zero-order valence-electron chi connectivity index (χ0n) is 11.6. The molecule has 0 atom stereocenters. The standard InChI is InChI=1S/C15H12BrFN2O2.ClH/c1-10(20)11-3-2-6-19(8-11)9-15(21)18-14-5-4-12(16)7-13(14)17;/h2-8H,9H2,1H3;1H. The molecule has 0 aliphatic heterocycles. The van der Waals surface area contributed by atoms with Crippen LogP contribution in [0.4, 0.5) is 10.1 Å². The number of aromatic nitrogens is 1. The van der Waals surface area contributed by atoms with E-state index in [-0.39, 0.29) is 36.3 Å². The Morgan fingerprint density at radius 1 is 1.32 bits per heavy atom. The van der Waals surface area contributed by atoms with Gasteiger partial charge in [-0.15, -0.1) is 0 Å². The summed E-state index contributed by atoms with van der Waals surface area (Å²) in [5.74, 6) is -0.967. The highest BCUT2D eigenvalue weighted by atomic mass is 79.9. The summed E-state index contributed by atoms with van der Waals surface area (Å²) in [6.45, 7) is 1.45. The lowest BCUT2D eigenvalue weighted by Gasteiger charge is -2.05. The van der Waals surface area contributed by atoms with Crippen LogP contribution in [-0.4, -0.2) is 11.7 Å². The van der Waals surface area contributed by atoms with Crippen LogP contribution in [0.1, 0.15) is 17.3 Å². The summed E-state index contributed by atoms with van der Waals surface area (Å²) in [6, 6.07) is 7.75. The number of halogens is 3. The number of hydrogen-bond donors (Lipinski definition) is 1. The van der Waals surface area contributed by atoms with E-state index in [1.165, 1.54) is 19.1 Å². The Hall–Kier alpha value is -1.79. The van der Waals surface area contributed by atoms with Crippen molar-refractivity contribution >= 4 is 33.3 Å². The number of amides is 1. The average Bonchev–Trinajstić information content (AvgIpc) is 2.42. The SMILES string of the molecule is CC(=O)c1ccc[n+](CC(=O)Nc2ccc(Br)cc2F)c1.[Cl-]. The molecule has 116 valence electrons. The number of carbonyl (C=O) groups excluding carboxylic acids is 2. The van der Waals surface area contributed by atoms with Crippen LogP contribution in [0.15, 0.2) is 47.2 Å². The fourth-order valence-corrected chi connectivity index (χ4v) is 2.11. The van der Waals surface area contributed by atoms with Gasteiger partial charge in [-0.1, -0.05) is 15.9 Å². The number of anilines is 1. The van der Waals surface area contributed by atoms with E-state index >= 15 is 0 Å². The van der Waals surface area contributed by atoms with Gasteiger partial charge in [0.1, 0.15) is 5.82 Å². The highest BCUT2D eigenvalue weighted by Gasteiger charge is 2.13. The van der Waals surface area contributed by atoms with E-state index in [1.807, 2.05) is 0 Å². The fraction of sp³-hybridized carbons (Fsp3) is 0.133. The largest absolute Gasteiger partial charge is 1.00 e. The first-order chi connectivity index (χ1) is 9.95. The lowest BCUT2D eigenvalue weighted by atomic mass is 10.2. The van der Waals surface area contributed by atoms with Crippen molar-refractivity contribution in [2.45, 2.75) is 13.5 Å². The minimum atomic E-state index is -0.514. The van der Waals surface area contributed by atoms with Crippen LogP contribution >= 0.6 is 15.9 Å². The average molecular weight is 388 g/mol. The van der Waals surface area contributed by atoms with Crippen molar-refractivity contribution in [3.8, 4) is 0 Å². The predicted octanol–water partition coefficient (Wildman–Crippen LogP) is -0.279. The Kier molecular flexibility index (Phi) is 6.64. The van der Waals surface area contributed by atoms with Gasteiger partial charge in [-0.05, 0) is 31.2 Å². The van der Waals surface area contributed by atoms with E-state index < -0.39 is 5.82 Å². The molecule has 4 nitrogen and oxygen atoms in total. The van der Waals surface area contributed by atoms with Gasteiger partial charge in [0.2, 0.25) is 6.54 Å². The maximum atomic E-state index is 13.6. The number of nitrogens with zero attached hydrogens (tertiary/aromatic N) is 1. The van der Waals surface area contributed by atoms with Crippen LogP contribution in [0.25, 0.3) is 0 Å². The van der Waals surface area contributed by atoms with Gasteiger partial charge in [-0.25, -0.2) is 4.39 Å². The van der Waals surface area contributed by atoms with Gasteiger partial charge in [-0.3, -0.25) is 9.59 Å². The highest BCUT2D eigenvalue weighted by molar-refractivity contribution is 9.10. The zero-order chi connectivity index (χ0) is 15.4. The van der Waals surface area contributed by atoms with Crippen molar-refractivity contribution in [3.05, 3.63) is 58.6 Å². The zero-order valence-corrected chi connectivity index (χ0v) is 14.0. The Balaban J connectivity index is 0.00000242. The summed E-state index contributed by atoms with van der Waals surface area (Å²) >= 11 is 3.15. The third-order valence-electron chi connectivity index (χ3n) is 2.80. The molecule has 0 aliphatic rings. The molecular weight excluding hydrogens is 375 g/mol. The smallest absolute Gasteiger partial charge is 0.290 e. The van der Waals surface area contributed by atoms with Crippen LogP contribution < -0.4 is 22.3 Å². The first kappa shape index (κ1) is 18.3.